The van der Waals surface area contributed by atoms with Gasteiger partial charge >= 0.3 is 0 Å². The first kappa shape index (κ1) is 14.1. The van der Waals surface area contributed by atoms with Crippen molar-refractivity contribution in [3.8, 4) is 0 Å². The average molecular weight is 272 g/mol. The zero-order chi connectivity index (χ0) is 13.8. The fourth-order valence-corrected chi connectivity index (χ4v) is 4.01. The van der Waals surface area contributed by atoms with E-state index >= 15 is 0 Å². The van der Waals surface area contributed by atoms with Crippen LogP contribution >= 0.6 is 0 Å². The van der Waals surface area contributed by atoms with Gasteiger partial charge in [-0.15, -0.1) is 0 Å². The van der Waals surface area contributed by atoms with Crippen LogP contribution in [0.15, 0.2) is 30.3 Å². The third kappa shape index (κ3) is 3.42. The Hall–Kier alpha value is -0.860. The molecule has 1 aromatic rings. The largest absolute Gasteiger partial charge is 0.327 e. The number of nitrogens with zero attached hydrogens (tertiary/aromatic N) is 1. The van der Waals surface area contributed by atoms with E-state index in [9.17, 15) is 0 Å². The predicted molar refractivity (Wildman–Crippen MR) is 84.8 cm³/mol. The normalized spacial score (nSPS) is 32.1. The highest BCUT2D eigenvalue weighted by atomic mass is 15.1. The van der Waals surface area contributed by atoms with E-state index in [1.54, 1.807) is 0 Å². The van der Waals surface area contributed by atoms with Gasteiger partial charge in [-0.2, -0.15) is 0 Å². The molecule has 3 rings (SSSR count). The number of rotatable bonds is 3. The first-order valence-electron chi connectivity index (χ1n) is 8.36. The second kappa shape index (κ2) is 6.73. The van der Waals surface area contributed by atoms with Gasteiger partial charge in [-0.25, -0.2) is 0 Å². The summed E-state index contributed by atoms with van der Waals surface area (Å²) in [6, 6.07) is 11.5. The SMILES string of the molecule is N[C@H]1CCCC[C@@H]1CN1CCCC(c2ccccc2)C1. The fourth-order valence-electron chi connectivity index (χ4n) is 4.01. The van der Waals surface area contributed by atoms with Gasteiger partial charge in [0.2, 0.25) is 0 Å². The quantitative estimate of drug-likeness (QED) is 0.914. The Morgan fingerprint density at radius 3 is 2.60 bits per heavy atom. The maximum atomic E-state index is 6.32. The van der Waals surface area contributed by atoms with Gasteiger partial charge in [-0.1, -0.05) is 43.2 Å². The van der Waals surface area contributed by atoms with E-state index in [4.69, 9.17) is 5.73 Å². The van der Waals surface area contributed by atoms with Crippen molar-refractivity contribution in [2.75, 3.05) is 19.6 Å². The number of likely N-dealkylation sites (tertiary alicyclic amines) is 1. The molecule has 1 aromatic carbocycles. The fraction of sp³-hybridized carbons (Fsp3) is 0.667. The topological polar surface area (TPSA) is 29.3 Å². The second-order valence-corrected chi connectivity index (χ2v) is 6.72. The van der Waals surface area contributed by atoms with Crippen molar-refractivity contribution >= 4 is 0 Å². The molecular weight excluding hydrogens is 244 g/mol. The smallest absolute Gasteiger partial charge is 0.00793 e. The number of hydrogen-bond acceptors (Lipinski definition) is 2. The lowest BCUT2D eigenvalue weighted by Gasteiger charge is -2.38. The molecule has 0 spiro atoms. The van der Waals surface area contributed by atoms with Crippen LogP contribution in [0.5, 0.6) is 0 Å². The lowest BCUT2D eigenvalue weighted by atomic mass is 9.83. The highest BCUT2D eigenvalue weighted by Gasteiger charge is 2.27. The molecule has 2 fully saturated rings. The molecule has 0 bridgehead atoms. The highest BCUT2D eigenvalue weighted by molar-refractivity contribution is 5.20. The average Bonchev–Trinajstić information content (AvgIpc) is 2.51. The molecule has 1 heterocycles. The van der Waals surface area contributed by atoms with Crippen molar-refractivity contribution in [1.82, 2.24) is 4.90 Å². The van der Waals surface area contributed by atoms with E-state index in [0.29, 0.717) is 6.04 Å². The molecule has 1 aliphatic heterocycles. The van der Waals surface area contributed by atoms with Gasteiger partial charge in [0.05, 0.1) is 0 Å². The van der Waals surface area contributed by atoms with Crippen LogP contribution in [0.3, 0.4) is 0 Å². The van der Waals surface area contributed by atoms with Crippen molar-refractivity contribution in [1.29, 1.82) is 0 Å². The van der Waals surface area contributed by atoms with E-state index in [1.165, 1.54) is 63.7 Å². The Morgan fingerprint density at radius 1 is 1.00 bits per heavy atom. The van der Waals surface area contributed by atoms with Gasteiger partial charge in [0.15, 0.2) is 0 Å². The molecule has 20 heavy (non-hydrogen) atoms. The van der Waals surface area contributed by atoms with Crippen LogP contribution in [0.4, 0.5) is 0 Å². The lowest BCUT2D eigenvalue weighted by Crippen LogP contribution is -2.44. The van der Waals surface area contributed by atoms with Gasteiger partial charge in [0, 0.05) is 19.1 Å². The van der Waals surface area contributed by atoms with Crippen LogP contribution in [-0.4, -0.2) is 30.6 Å². The van der Waals surface area contributed by atoms with Crippen LogP contribution < -0.4 is 5.73 Å². The van der Waals surface area contributed by atoms with Gasteiger partial charge in [0.1, 0.15) is 0 Å². The Kier molecular flexibility index (Phi) is 4.74. The van der Waals surface area contributed by atoms with Crippen LogP contribution in [0.2, 0.25) is 0 Å². The minimum absolute atomic E-state index is 0.445. The summed E-state index contributed by atoms with van der Waals surface area (Å²) in [5.74, 6) is 1.46. The van der Waals surface area contributed by atoms with Crippen molar-refractivity contribution in [3.05, 3.63) is 35.9 Å². The number of piperidine rings is 1. The molecular formula is C18H28N2. The van der Waals surface area contributed by atoms with Gasteiger partial charge in [-0.3, -0.25) is 0 Å². The van der Waals surface area contributed by atoms with Crippen LogP contribution in [0, 0.1) is 5.92 Å². The first-order chi connectivity index (χ1) is 9.83. The summed E-state index contributed by atoms with van der Waals surface area (Å²) >= 11 is 0. The third-order valence-electron chi connectivity index (χ3n) is 5.24. The highest BCUT2D eigenvalue weighted by Crippen LogP contribution is 2.29. The molecule has 0 radical (unpaired) electrons. The van der Waals surface area contributed by atoms with E-state index in [0.717, 1.165) is 11.8 Å². The summed E-state index contributed by atoms with van der Waals surface area (Å²) < 4.78 is 0. The summed E-state index contributed by atoms with van der Waals surface area (Å²) in [7, 11) is 0. The van der Waals surface area contributed by atoms with E-state index < -0.39 is 0 Å². The van der Waals surface area contributed by atoms with E-state index in [-0.39, 0.29) is 0 Å². The molecule has 1 aliphatic carbocycles. The van der Waals surface area contributed by atoms with Crippen molar-refractivity contribution in [2.24, 2.45) is 11.7 Å². The predicted octanol–water partition coefficient (Wildman–Crippen LogP) is 3.38. The maximum Gasteiger partial charge on any atom is 0.00793 e. The molecule has 2 N–H and O–H groups in total. The first-order valence-corrected chi connectivity index (χ1v) is 8.36. The molecule has 110 valence electrons. The zero-order valence-electron chi connectivity index (χ0n) is 12.5. The summed E-state index contributed by atoms with van der Waals surface area (Å²) in [5, 5.41) is 0. The second-order valence-electron chi connectivity index (χ2n) is 6.72. The molecule has 2 aliphatic rings. The lowest BCUT2D eigenvalue weighted by molar-refractivity contribution is 0.149. The van der Waals surface area contributed by atoms with Gasteiger partial charge in [-0.05, 0) is 49.6 Å². The monoisotopic (exact) mass is 272 g/mol. The van der Waals surface area contributed by atoms with E-state index in [1.807, 2.05) is 0 Å². The number of benzene rings is 1. The Bertz CT molecular complexity index is 403. The number of hydrogen-bond donors (Lipinski definition) is 1. The van der Waals surface area contributed by atoms with Crippen molar-refractivity contribution in [2.45, 2.75) is 50.5 Å². The summed E-state index contributed by atoms with van der Waals surface area (Å²) in [6.07, 6.45) is 7.98. The summed E-state index contributed by atoms with van der Waals surface area (Å²) in [6.45, 7) is 3.73. The van der Waals surface area contributed by atoms with Crippen molar-refractivity contribution in [3.63, 3.8) is 0 Å². The number of nitrogens with two attached hydrogens (primary N) is 1. The Labute approximate surface area is 123 Å². The molecule has 0 amide bonds. The zero-order valence-corrected chi connectivity index (χ0v) is 12.5. The molecule has 1 unspecified atom stereocenters. The van der Waals surface area contributed by atoms with Crippen LogP contribution in [-0.2, 0) is 0 Å². The van der Waals surface area contributed by atoms with E-state index in [2.05, 4.69) is 35.2 Å². The molecule has 2 nitrogen and oxygen atoms in total. The minimum atomic E-state index is 0.445. The molecule has 0 aromatic heterocycles. The van der Waals surface area contributed by atoms with Crippen molar-refractivity contribution < 1.29 is 0 Å². The Balaban J connectivity index is 1.58. The van der Waals surface area contributed by atoms with Gasteiger partial charge in [0.25, 0.3) is 0 Å². The molecule has 1 saturated carbocycles. The molecule has 2 heteroatoms. The van der Waals surface area contributed by atoms with Gasteiger partial charge < -0.3 is 10.6 Å². The standard InChI is InChI=1S/C18H28N2/c19-18-11-5-4-9-17(18)14-20-12-6-10-16(13-20)15-7-2-1-3-8-15/h1-3,7-8,16-18H,4-6,9-14,19H2/t16?,17-,18+/m1/s1. The molecule has 3 atom stereocenters. The molecule has 1 saturated heterocycles. The third-order valence-corrected chi connectivity index (χ3v) is 5.24. The van der Waals surface area contributed by atoms with Crippen LogP contribution in [0.25, 0.3) is 0 Å². The summed E-state index contributed by atoms with van der Waals surface area (Å²) in [4.78, 5) is 2.68. The Morgan fingerprint density at radius 2 is 1.80 bits per heavy atom. The minimum Gasteiger partial charge on any atom is -0.327 e. The summed E-state index contributed by atoms with van der Waals surface area (Å²) in [5.41, 5.74) is 7.83. The van der Waals surface area contributed by atoms with Crippen LogP contribution in [0.1, 0.15) is 50.0 Å². The maximum absolute atomic E-state index is 6.32.